The lowest BCUT2D eigenvalue weighted by molar-refractivity contribution is -0.138. The van der Waals surface area contributed by atoms with Gasteiger partial charge in [-0.15, -0.1) is 0 Å². The molecule has 0 radical (unpaired) electrons. The zero-order valence-corrected chi connectivity index (χ0v) is 17.2. The average molecular weight is 397 g/mol. The molecule has 3 amide bonds. The third-order valence-corrected chi connectivity index (χ3v) is 4.43. The van der Waals surface area contributed by atoms with Gasteiger partial charge in [-0.3, -0.25) is 14.4 Å². The first kappa shape index (κ1) is 21.9. The van der Waals surface area contributed by atoms with Crippen LogP contribution in [0, 0.1) is 5.41 Å². The van der Waals surface area contributed by atoms with Crippen molar-refractivity contribution in [2.24, 2.45) is 5.41 Å². The van der Waals surface area contributed by atoms with Crippen LogP contribution in [-0.2, 0) is 20.8 Å². The number of amides is 3. The van der Waals surface area contributed by atoms with Gasteiger partial charge < -0.3 is 20.7 Å². The Morgan fingerprint density at radius 2 is 1.55 bits per heavy atom. The molecule has 0 heterocycles. The van der Waals surface area contributed by atoms with E-state index >= 15 is 0 Å². The molecule has 0 saturated carbocycles. The first-order valence-corrected chi connectivity index (χ1v) is 9.32. The fraction of sp³-hybridized carbons (Fsp3) is 0.318. The Morgan fingerprint density at radius 3 is 2.14 bits per heavy atom. The standard InChI is InChI=1S/C22H27N3O4/c1-15(26)24-17-8-10-18(11-9-17)25-21(28)22(2,3)20(27)23-13-12-16-6-5-7-19(14-16)29-4/h5-11,14H,12-13H2,1-4H3,(H,23,27)(H,24,26)(H,25,28). The van der Waals surface area contributed by atoms with Gasteiger partial charge in [0.1, 0.15) is 11.2 Å². The van der Waals surface area contributed by atoms with Crippen LogP contribution in [-0.4, -0.2) is 31.4 Å². The van der Waals surface area contributed by atoms with E-state index in [1.54, 1.807) is 45.2 Å². The molecule has 0 saturated heterocycles. The molecular weight excluding hydrogens is 370 g/mol. The molecule has 7 heteroatoms. The van der Waals surface area contributed by atoms with Gasteiger partial charge in [0.15, 0.2) is 0 Å². The van der Waals surface area contributed by atoms with Crippen LogP contribution in [0.5, 0.6) is 5.75 Å². The van der Waals surface area contributed by atoms with Gasteiger partial charge in [-0.1, -0.05) is 12.1 Å². The lowest BCUT2D eigenvalue weighted by Gasteiger charge is -2.23. The summed E-state index contributed by atoms with van der Waals surface area (Å²) in [5.74, 6) is -0.178. The van der Waals surface area contributed by atoms with Gasteiger partial charge in [-0.05, 0) is 62.2 Å². The highest BCUT2D eigenvalue weighted by atomic mass is 16.5. The number of nitrogens with one attached hydrogen (secondary N) is 3. The average Bonchev–Trinajstić information content (AvgIpc) is 2.69. The molecule has 0 aliphatic rings. The summed E-state index contributed by atoms with van der Waals surface area (Å²) in [6.45, 7) is 4.99. The Hall–Kier alpha value is -3.35. The molecule has 0 aliphatic carbocycles. The van der Waals surface area contributed by atoms with Crippen LogP contribution in [0.4, 0.5) is 11.4 Å². The number of carbonyl (C=O) groups excluding carboxylic acids is 3. The zero-order valence-electron chi connectivity index (χ0n) is 17.2. The van der Waals surface area contributed by atoms with E-state index in [1.165, 1.54) is 6.92 Å². The van der Waals surface area contributed by atoms with Crippen LogP contribution in [0.1, 0.15) is 26.3 Å². The van der Waals surface area contributed by atoms with Crippen molar-refractivity contribution in [3.8, 4) is 5.75 Å². The molecule has 3 N–H and O–H groups in total. The Labute approximate surface area is 170 Å². The molecule has 0 atom stereocenters. The van der Waals surface area contributed by atoms with E-state index in [0.717, 1.165) is 11.3 Å². The second-order valence-electron chi connectivity index (χ2n) is 7.20. The Kier molecular flexibility index (Phi) is 7.36. The monoisotopic (exact) mass is 397 g/mol. The van der Waals surface area contributed by atoms with E-state index in [9.17, 15) is 14.4 Å². The molecule has 154 valence electrons. The largest absolute Gasteiger partial charge is 0.497 e. The van der Waals surface area contributed by atoms with Crippen LogP contribution in [0.2, 0.25) is 0 Å². The SMILES string of the molecule is COc1cccc(CCNC(=O)C(C)(C)C(=O)Nc2ccc(NC(C)=O)cc2)c1. The third kappa shape index (κ3) is 6.34. The third-order valence-electron chi connectivity index (χ3n) is 4.43. The van der Waals surface area contributed by atoms with Gasteiger partial charge in [-0.2, -0.15) is 0 Å². The highest BCUT2D eigenvalue weighted by Gasteiger charge is 2.35. The lowest BCUT2D eigenvalue weighted by atomic mass is 9.91. The Balaban J connectivity index is 1.89. The molecule has 2 aromatic carbocycles. The van der Waals surface area contributed by atoms with E-state index < -0.39 is 11.3 Å². The molecule has 0 unspecified atom stereocenters. The summed E-state index contributed by atoms with van der Waals surface area (Å²) in [6, 6.07) is 14.3. The molecule has 7 nitrogen and oxygen atoms in total. The number of anilines is 2. The normalized spacial score (nSPS) is 10.8. The first-order valence-electron chi connectivity index (χ1n) is 9.32. The number of hydrogen-bond acceptors (Lipinski definition) is 4. The minimum absolute atomic E-state index is 0.173. The topological polar surface area (TPSA) is 96.5 Å². The summed E-state index contributed by atoms with van der Waals surface area (Å²) in [7, 11) is 1.61. The van der Waals surface area contributed by atoms with Crippen LogP contribution >= 0.6 is 0 Å². The second-order valence-corrected chi connectivity index (χ2v) is 7.20. The van der Waals surface area contributed by atoms with Crippen molar-refractivity contribution in [2.75, 3.05) is 24.3 Å². The molecule has 0 fully saturated rings. The Morgan fingerprint density at radius 1 is 0.931 bits per heavy atom. The smallest absolute Gasteiger partial charge is 0.239 e. The van der Waals surface area contributed by atoms with E-state index in [-0.39, 0.29) is 11.8 Å². The van der Waals surface area contributed by atoms with Crippen molar-refractivity contribution in [3.05, 3.63) is 54.1 Å². The number of ether oxygens (including phenoxy) is 1. The molecule has 2 aromatic rings. The number of methoxy groups -OCH3 is 1. The van der Waals surface area contributed by atoms with Crippen molar-refractivity contribution >= 4 is 29.1 Å². The highest BCUT2D eigenvalue weighted by Crippen LogP contribution is 2.20. The van der Waals surface area contributed by atoms with Gasteiger partial charge in [-0.25, -0.2) is 0 Å². The maximum Gasteiger partial charge on any atom is 0.239 e. The van der Waals surface area contributed by atoms with Crippen molar-refractivity contribution < 1.29 is 19.1 Å². The molecule has 0 aliphatic heterocycles. The Bertz CT molecular complexity index is 876. The van der Waals surface area contributed by atoms with Crippen molar-refractivity contribution in [1.82, 2.24) is 5.32 Å². The summed E-state index contributed by atoms with van der Waals surface area (Å²) < 4.78 is 5.19. The predicted octanol–water partition coefficient (Wildman–Crippen LogP) is 2.98. The number of rotatable bonds is 8. The van der Waals surface area contributed by atoms with Crippen LogP contribution in [0.3, 0.4) is 0 Å². The van der Waals surface area contributed by atoms with Gasteiger partial charge >= 0.3 is 0 Å². The molecule has 29 heavy (non-hydrogen) atoms. The minimum atomic E-state index is -1.25. The van der Waals surface area contributed by atoms with Crippen molar-refractivity contribution in [2.45, 2.75) is 27.2 Å². The van der Waals surface area contributed by atoms with E-state index in [0.29, 0.717) is 24.3 Å². The number of hydrogen-bond donors (Lipinski definition) is 3. The van der Waals surface area contributed by atoms with E-state index in [2.05, 4.69) is 16.0 Å². The fourth-order valence-electron chi connectivity index (χ4n) is 2.60. The van der Waals surface area contributed by atoms with Crippen molar-refractivity contribution in [3.63, 3.8) is 0 Å². The van der Waals surface area contributed by atoms with Gasteiger partial charge in [0.2, 0.25) is 17.7 Å². The van der Waals surface area contributed by atoms with Gasteiger partial charge in [0.05, 0.1) is 7.11 Å². The molecule has 0 aromatic heterocycles. The van der Waals surface area contributed by atoms with Crippen LogP contribution < -0.4 is 20.7 Å². The summed E-state index contributed by atoms with van der Waals surface area (Å²) in [5.41, 5.74) is 0.961. The summed E-state index contributed by atoms with van der Waals surface area (Å²) in [6.07, 6.45) is 0.630. The molecular formula is C22H27N3O4. The molecule has 0 spiro atoms. The molecule has 2 rings (SSSR count). The maximum absolute atomic E-state index is 12.6. The number of carbonyl (C=O) groups is 3. The summed E-state index contributed by atoms with van der Waals surface area (Å²) in [5, 5.41) is 8.21. The van der Waals surface area contributed by atoms with Crippen LogP contribution in [0.15, 0.2) is 48.5 Å². The molecule has 0 bridgehead atoms. The highest BCUT2D eigenvalue weighted by molar-refractivity contribution is 6.09. The van der Waals surface area contributed by atoms with Gasteiger partial charge in [0.25, 0.3) is 0 Å². The summed E-state index contributed by atoms with van der Waals surface area (Å²) >= 11 is 0. The number of benzene rings is 2. The van der Waals surface area contributed by atoms with Crippen LogP contribution in [0.25, 0.3) is 0 Å². The minimum Gasteiger partial charge on any atom is -0.497 e. The summed E-state index contributed by atoms with van der Waals surface area (Å²) in [4.78, 5) is 36.2. The lowest BCUT2D eigenvalue weighted by Crippen LogP contribution is -2.45. The second kappa shape index (κ2) is 9.73. The van der Waals surface area contributed by atoms with Gasteiger partial charge in [0, 0.05) is 24.8 Å². The van der Waals surface area contributed by atoms with E-state index in [1.807, 2.05) is 24.3 Å². The van der Waals surface area contributed by atoms with E-state index in [4.69, 9.17) is 4.74 Å². The zero-order chi connectivity index (χ0) is 21.4. The maximum atomic E-state index is 12.6. The predicted molar refractivity (Wildman–Crippen MR) is 113 cm³/mol. The quantitative estimate of drug-likeness (QED) is 0.597. The van der Waals surface area contributed by atoms with Crippen molar-refractivity contribution in [1.29, 1.82) is 0 Å². The fourth-order valence-corrected chi connectivity index (χ4v) is 2.60. The first-order chi connectivity index (χ1) is 13.7.